The van der Waals surface area contributed by atoms with E-state index in [1.807, 2.05) is 0 Å². The van der Waals surface area contributed by atoms with Gasteiger partial charge in [0.15, 0.2) is 6.10 Å². The van der Waals surface area contributed by atoms with E-state index >= 15 is 0 Å². The molecule has 0 rings (SSSR count). The van der Waals surface area contributed by atoms with Crippen LogP contribution in [0.3, 0.4) is 0 Å². The maximum atomic E-state index is 12.9. The standard InChI is InChI=1S/C75H128O16P2/c1-4-7-10-13-16-19-22-25-28-30-32-34-36-38-41-43-46-49-52-55-58-61-73(78)85-64-70(76)65-87-92(81,82)88-66-71(77)67-89-93(83,84)90-69-72(91-75(80)63-60-57-54-51-48-45-40-27-24-21-18-15-12-9-6-3)68-86-74(79)62-59-56-53-50-47-44-42-39-37-35-33-31-29-26-23-20-17-14-11-8-5-2/h7-8,10-11,16-17,19-20,25-26,28-29,32-35,38-39,41-42,70-72,76-77H,4-6,9,12-15,18,21-24,27,30-31,36-37,40,43-69H2,1-3H3,(H,81,82)(H,83,84)/b10-7-,11-8-,19-16-,20-17-,28-25-,29-26-,34-32-,35-33-,41-38-,42-39-. The van der Waals surface area contributed by atoms with Crippen molar-refractivity contribution in [3.63, 3.8) is 0 Å². The second kappa shape index (κ2) is 67.9. The van der Waals surface area contributed by atoms with E-state index in [1.165, 1.54) is 64.2 Å². The Kier molecular flexibility index (Phi) is 65.0. The molecule has 0 fully saturated rings. The van der Waals surface area contributed by atoms with Crippen molar-refractivity contribution in [1.29, 1.82) is 0 Å². The van der Waals surface area contributed by atoms with Crippen LogP contribution in [0.25, 0.3) is 0 Å². The number of aliphatic hydroxyl groups is 2. The third kappa shape index (κ3) is 69.1. The van der Waals surface area contributed by atoms with E-state index < -0.39 is 91.5 Å². The number of aliphatic hydroxyl groups excluding tert-OH is 2. The van der Waals surface area contributed by atoms with Gasteiger partial charge in [-0.05, 0) is 109 Å². The van der Waals surface area contributed by atoms with E-state index in [2.05, 4.69) is 142 Å². The van der Waals surface area contributed by atoms with Gasteiger partial charge in [-0.15, -0.1) is 0 Å². The largest absolute Gasteiger partial charge is 0.472 e. The number of unbranched alkanes of at least 4 members (excludes halogenated alkanes) is 24. The smallest absolute Gasteiger partial charge is 0.463 e. The lowest BCUT2D eigenvalue weighted by atomic mass is 10.0. The number of carbonyl (C=O) groups excluding carboxylic acids is 3. The molecule has 18 heteroatoms. The molecule has 0 aromatic heterocycles. The molecule has 16 nitrogen and oxygen atoms in total. The molecule has 534 valence electrons. The molecule has 0 saturated carbocycles. The Bertz CT molecular complexity index is 2180. The fraction of sp³-hybridized carbons (Fsp3) is 0.693. The lowest BCUT2D eigenvalue weighted by molar-refractivity contribution is -0.161. The van der Waals surface area contributed by atoms with Gasteiger partial charge in [-0.25, -0.2) is 9.13 Å². The number of phosphoric acid groups is 2. The quantitative estimate of drug-likeness (QED) is 0.0146. The number of hydrogen-bond acceptors (Lipinski definition) is 14. The monoisotopic (exact) mass is 1350 g/mol. The van der Waals surface area contributed by atoms with Gasteiger partial charge in [-0.2, -0.15) is 0 Å². The van der Waals surface area contributed by atoms with E-state index in [0.717, 1.165) is 154 Å². The highest BCUT2D eigenvalue weighted by atomic mass is 31.2. The molecule has 0 heterocycles. The molecule has 0 aromatic carbocycles. The molecule has 0 aromatic rings. The Morgan fingerprint density at radius 2 is 0.570 bits per heavy atom. The van der Waals surface area contributed by atoms with Gasteiger partial charge < -0.3 is 34.2 Å². The molecule has 0 amide bonds. The molecule has 0 aliphatic rings. The fourth-order valence-corrected chi connectivity index (χ4v) is 10.9. The van der Waals surface area contributed by atoms with Crippen molar-refractivity contribution in [3.8, 4) is 0 Å². The Hall–Kier alpha value is -4.05. The third-order valence-corrected chi connectivity index (χ3v) is 16.6. The maximum absolute atomic E-state index is 12.9. The van der Waals surface area contributed by atoms with E-state index in [9.17, 15) is 43.5 Å². The van der Waals surface area contributed by atoms with Gasteiger partial charge in [0.2, 0.25) is 0 Å². The average molecular weight is 1350 g/mol. The third-order valence-electron chi connectivity index (χ3n) is 14.7. The van der Waals surface area contributed by atoms with Crippen LogP contribution in [-0.2, 0) is 55.8 Å². The number of ether oxygens (including phenoxy) is 3. The predicted molar refractivity (Wildman–Crippen MR) is 380 cm³/mol. The Labute approximate surface area is 563 Å². The topological polar surface area (TPSA) is 231 Å². The van der Waals surface area contributed by atoms with Crippen molar-refractivity contribution in [2.45, 2.75) is 296 Å². The maximum Gasteiger partial charge on any atom is 0.472 e. The van der Waals surface area contributed by atoms with Gasteiger partial charge in [0.1, 0.15) is 25.4 Å². The van der Waals surface area contributed by atoms with Crippen LogP contribution in [0.15, 0.2) is 122 Å². The van der Waals surface area contributed by atoms with E-state index in [1.54, 1.807) is 0 Å². The lowest BCUT2D eigenvalue weighted by Gasteiger charge is -2.21. The van der Waals surface area contributed by atoms with Crippen LogP contribution >= 0.6 is 15.6 Å². The summed E-state index contributed by atoms with van der Waals surface area (Å²) in [6.45, 7) is 2.41. The van der Waals surface area contributed by atoms with Crippen LogP contribution in [0.2, 0.25) is 0 Å². The summed E-state index contributed by atoms with van der Waals surface area (Å²) in [5.41, 5.74) is 0. The van der Waals surface area contributed by atoms with Crippen LogP contribution in [0.1, 0.15) is 278 Å². The molecule has 93 heavy (non-hydrogen) atoms. The number of carbonyl (C=O) groups is 3. The van der Waals surface area contributed by atoms with E-state index in [0.29, 0.717) is 19.3 Å². The summed E-state index contributed by atoms with van der Waals surface area (Å²) in [5, 5.41) is 20.6. The molecular weight excluding hydrogens is 1220 g/mol. The SMILES string of the molecule is CC/C=C\C/C=C\C/C=C\C/C=C\C/C=C\CCCCCCCC(=O)OCC(O)COP(=O)(O)OCC(O)COP(=O)(O)OCC(COC(=O)CCCCCCC/C=C\C/C=C\C/C=C\C/C=C\C/C=C\CC)OC(=O)CCCCCCCCCCCCCCCCC. The number of allylic oxidation sites excluding steroid dienone is 20. The van der Waals surface area contributed by atoms with Crippen LogP contribution in [-0.4, -0.2) is 95.9 Å². The molecule has 0 radical (unpaired) electrons. The Morgan fingerprint density at radius 3 is 0.903 bits per heavy atom. The summed E-state index contributed by atoms with van der Waals surface area (Å²) in [5.74, 6) is -1.61. The summed E-state index contributed by atoms with van der Waals surface area (Å²) in [4.78, 5) is 58.5. The zero-order chi connectivity index (χ0) is 68.1. The first-order valence-corrected chi connectivity index (χ1v) is 38.8. The molecule has 0 saturated heterocycles. The minimum absolute atomic E-state index is 0.100. The van der Waals surface area contributed by atoms with E-state index in [4.69, 9.17) is 32.3 Å². The molecule has 5 atom stereocenters. The zero-order valence-electron chi connectivity index (χ0n) is 57.9. The highest BCUT2D eigenvalue weighted by Crippen LogP contribution is 2.45. The van der Waals surface area contributed by atoms with E-state index in [-0.39, 0.29) is 19.3 Å². The van der Waals surface area contributed by atoms with Crippen LogP contribution in [0.5, 0.6) is 0 Å². The van der Waals surface area contributed by atoms with Crippen molar-refractivity contribution in [2.24, 2.45) is 0 Å². The number of phosphoric ester groups is 2. The Balaban J connectivity index is 4.70. The molecule has 0 aliphatic carbocycles. The first-order chi connectivity index (χ1) is 45.2. The zero-order valence-corrected chi connectivity index (χ0v) is 59.7. The summed E-state index contributed by atoms with van der Waals surface area (Å²) >= 11 is 0. The summed E-state index contributed by atoms with van der Waals surface area (Å²) in [6.07, 6.45) is 78.1. The highest BCUT2D eigenvalue weighted by Gasteiger charge is 2.29. The normalized spacial score (nSPS) is 14.9. The number of hydrogen-bond donors (Lipinski definition) is 4. The van der Waals surface area contributed by atoms with Crippen LogP contribution in [0.4, 0.5) is 0 Å². The van der Waals surface area contributed by atoms with Crippen LogP contribution in [0, 0.1) is 0 Å². The summed E-state index contributed by atoms with van der Waals surface area (Å²) < 4.78 is 61.0. The van der Waals surface area contributed by atoms with Gasteiger partial charge >= 0.3 is 33.6 Å². The summed E-state index contributed by atoms with van der Waals surface area (Å²) in [7, 11) is -9.79. The van der Waals surface area contributed by atoms with Gasteiger partial charge in [0.05, 0.1) is 26.4 Å². The number of esters is 3. The van der Waals surface area contributed by atoms with Gasteiger partial charge in [0, 0.05) is 19.3 Å². The predicted octanol–water partition coefficient (Wildman–Crippen LogP) is 20.2. The Morgan fingerprint density at radius 1 is 0.312 bits per heavy atom. The van der Waals surface area contributed by atoms with Crippen molar-refractivity contribution >= 4 is 33.6 Å². The van der Waals surface area contributed by atoms with Gasteiger partial charge in [-0.1, -0.05) is 271 Å². The summed E-state index contributed by atoms with van der Waals surface area (Å²) in [6, 6.07) is 0. The van der Waals surface area contributed by atoms with Crippen LogP contribution < -0.4 is 0 Å². The lowest BCUT2D eigenvalue weighted by Crippen LogP contribution is -2.30. The minimum atomic E-state index is -4.93. The minimum Gasteiger partial charge on any atom is -0.463 e. The number of rotatable bonds is 67. The second-order valence-electron chi connectivity index (χ2n) is 23.6. The van der Waals surface area contributed by atoms with Crippen molar-refractivity contribution < 1.29 is 75.8 Å². The molecule has 0 spiro atoms. The fourth-order valence-electron chi connectivity index (χ4n) is 9.27. The molecule has 0 aliphatic heterocycles. The average Bonchev–Trinajstić information content (AvgIpc) is 3.71. The second-order valence-corrected chi connectivity index (χ2v) is 26.5. The molecular formula is C75H128O16P2. The molecule has 0 bridgehead atoms. The van der Waals surface area contributed by atoms with Gasteiger partial charge in [-0.3, -0.25) is 32.5 Å². The van der Waals surface area contributed by atoms with Crippen molar-refractivity contribution in [3.05, 3.63) is 122 Å². The molecule has 4 N–H and O–H groups in total. The highest BCUT2D eigenvalue weighted by molar-refractivity contribution is 7.47. The first kappa shape index (κ1) is 89.0. The first-order valence-electron chi connectivity index (χ1n) is 35.8. The van der Waals surface area contributed by atoms with Crippen molar-refractivity contribution in [1.82, 2.24) is 0 Å². The van der Waals surface area contributed by atoms with Gasteiger partial charge in [0.25, 0.3) is 0 Å². The van der Waals surface area contributed by atoms with Crippen molar-refractivity contribution in [2.75, 3.05) is 39.6 Å². The molecule has 5 unspecified atom stereocenters.